The van der Waals surface area contributed by atoms with Crippen LogP contribution in [-0.4, -0.2) is 62.8 Å². The number of likely N-dealkylation sites (tertiary alicyclic amines) is 1. The summed E-state index contributed by atoms with van der Waals surface area (Å²) in [6.45, 7) is 12.4. The molecule has 1 aromatic rings. The molecule has 1 aromatic carbocycles. The number of benzene rings is 1. The van der Waals surface area contributed by atoms with Crippen LogP contribution in [0.3, 0.4) is 0 Å². The van der Waals surface area contributed by atoms with E-state index in [4.69, 9.17) is 14.2 Å². The number of amides is 1. The Kier molecular flexibility index (Phi) is 7.82. The summed E-state index contributed by atoms with van der Waals surface area (Å²) in [5.41, 5.74) is -5.52. The van der Waals surface area contributed by atoms with Crippen molar-refractivity contribution in [3.63, 3.8) is 0 Å². The van der Waals surface area contributed by atoms with E-state index in [1.54, 1.807) is 78.8 Å². The number of carbonyl (C=O) groups excluding carboxylic acids is 4. The van der Waals surface area contributed by atoms with Crippen molar-refractivity contribution in [2.45, 2.75) is 96.8 Å². The van der Waals surface area contributed by atoms with Gasteiger partial charge in [0.15, 0.2) is 6.04 Å². The van der Waals surface area contributed by atoms with Gasteiger partial charge < -0.3 is 19.3 Å². The third-order valence-corrected chi connectivity index (χ3v) is 5.18. The van der Waals surface area contributed by atoms with Crippen LogP contribution >= 0.6 is 0 Å². The van der Waals surface area contributed by atoms with Crippen LogP contribution < -0.4 is 0 Å². The Bertz CT molecular complexity index is 908. The Morgan fingerprint density at radius 3 is 1.85 bits per heavy atom. The number of rotatable bonds is 7. The van der Waals surface area contributed by atoms with Crippen molar-refractivity contribution >= 4 is 23.8 Å². The molecule has 1 unspecified atom stereocenters. The molecule has 1 fully saturated rings. The Hall–Kier alpha value is -2.94. The lowest BCUT2D eigenvalue weighted by Gasteiger charge is -2.43. The predicted molar refractivity (Wildman–Crippen MR) is 122 cm³/mol. The Labute approximate surface area is 200 Å². The van der Waals surface area contributed by atoms with E-state index in [-0.39, 0.29) is 0 Å². The van der Waals surface area contributed by atoms with E-state index in [0.29, 0.717) is 5.56 Å². The van der Waals surface area contributed by atoms with Crippen molar-refractivity contribution in [1.82, 2.24) is 4.90 Å². The van der Waals surface area contributed by atoms with Crippen molar-refractivity contribution in [2.24, 2.45) is 0 Å². The molecular formula is C25H35NO8. The number of aliphatic hydroxyl groups is 1. The molecular weight excluding hydrogens is 442 g/mol. The summed E-state index contributed by atoms with van der Waals surface area (Å²) in [5, 5.41) is 11.4. The van der Waals surface area contributed by atoms with Crippen LogP contribution in [0, 0.1) is 0 Å². The Balaban J connectivity index is 2.86. The zero-order chi connectivity index (χ0) is 26.1. The van der Waals surface area contributed by atoms with Crippen LogP contribution in [0.5, 0.6) is 0 Å². The fourth-order valence-electron chi connectivity index (χ4n) is 3.99. The lowest BCUT2D eigenvalue weighted by Crippen LogP contribution is -2.70. The summed E-state index contributed by atoms with van der Waals surface area (Å²) in [4.78, 5) is 54.8. The van der Waals surface area contributed by atoms with E-state index in [9.17, 15) is 24.3 Å². The maximum Gasteiger partial charge on any atom is 0.347 e. The normalized spacial score (nSPS) is 20.9. The van der Waals surface area contributed by atoms with Crippen LogP contribution in [0.1, 0.15) is 73.4 Å². The molecule has 0 aliphatic carbocycles. The minimum absolute atomic E-state index is 0.293. The fraction of sp³-hybridized carbons (Fsp3) is 0.600. The van der Waals surface area contributed by atoms with E-state index in [2.05, 4.69) is 0 Å². The monoisotopic (exact) mass is 477 g/mol. The van der Waals surface area contributed by atoms with Crippen LogP contribution in [-0.2, 0) is 33.4 Å². The van der Waals surface area contributed by atoms with Crippen molar-refractivity contribution < 1.29 is 38.5 Å². The maximum atomic E-state index is 13.6. The molecule has 9 heteroatoms. The Morgan fingerprint density at radius 2 is 1.44 bits per heavy atom. The van der Waals surface area contributed by atoms with Crippen molar-refractivity contribution in [3.8, 4) is 0 Å². The first-order valence-electron chi connectivity index (χ1n) is 11.3. The molecule has 1 aliphatic rings. The molecule has 0 spiro atoms. The van der Waals surface area contributed by atoms with Gasteiger partial charge >= 0.3 is 17.9 Å². The molecule has 1 N–H and O–H groups in total. The van der Waals surface area contributed by atoms with E-state index >= 15 is 0 Å². The molecule has 0 radical (unpaired) electrons. The van der Waals surface area contributed by atoms with Crippen LogP contribution in [0.25, 0.3) is 0 Å². The fourth-order valence-corrected chi connectivity index (χ4v) is 3.99. The lowest BCUT2D eigenvalue weighted by molar-refractivity contribution is -0.198. The van der Waals surface area contributed by atoms with E-state index in [1.807, 2.05) is 0 Å². The summed E-state index contributed by atoms with van der Waals surface area (Å²) < 4.78 is 16.3. The smallest absolute Gasteiger partial charge is 0.347 e. The summed E-state index contributed by atoms with van der Waals surface area (Å²) in [5.74, 6) is -4.04. The number of esters is 3. The van der Waals surface area contributed by atoms with Crippen molar-refractivity contribution in [1.29, 1.82) is 0 Å². The lowest BCUT2D eigenvalue weighted by atomic mass is 9.80. The maximum absolute atomic E-state index is 13.6. The minimum atomic E-state index is -2.64. The van der Waals surface area contributed by atoms with Crippen molar-refractivity contribution in [3.05, 3.63) is 35.9 Å². The Morgan fingerprint density at radius 1 is 0.971 bits per heavy atom. The predicted octanol–water partition coefficient (Wildman–Crippen LogP) is 2.69. The van der Waals surface area contributed by atoms with Crippen LogP contribution in [0.4, 0.5) is 0 Å². The second-order valence-electron chi connectivity index (χ2n) is 10.2. The van der Waals surface area contributed by atoms with Gasteiger partial charge in [-0.15, -0.1) is 0 Å². The number of ether oxygens (including phenoxy) is 3. The number of hydrogen-bond acceptors (Lipinski definition) is 8. The molecule has 34 heavy (non-hydrogen) atoms. The van der Waals surface area contributed by atoms with E-state index in [0.717, 1.165) is 4.90 Å². The molecule has 1 heterocycles. The molecule has 0 bridgehead atoms. The average molecular weight is 478 g/mol. The number of nitrogens with zero attached hydrogens (tertiary/aromatic N) is 1. The summed E-state index contributed by atoms with van der Waals surface area (Å²) >= 11 is 0. The second-order valence-corrected chi connectivity index (χ2v) is 10.2. The highest BCUT2D eigenvalue weighted by Gasteiger charge is 2.74. The van der Waals surface area contributed by atoms with E-state index in [1.165, 1.54) is 6.92 Å². The topological polar surface area (TPSA) is 119 Å². The van der Waals surface area contributed by atoms with Gasteiger partial charge in [-0.3, -0.25) is 9.69 Å². The summed E-state index contributed by atoms with van der Waals surface area (Å²) in [6, 6.07) is 6.62. The third kappa shape index (κ3) is 5.24. The van der Waals surface area contributed by atoms with Gasteiger partial charge in [0.05, 0.1) is 18.6 Å². The van der Waals surface area contributed by atoms with Gasteiger partial charge in [-0.1, -0.05) is 30.3 Å². The van der Waals surface area contributed by atoms with Crippen LogP contribution in [0.15, 0.2) is 30.3 Å². The van der Waals surface area contributed by atoms with Gasteiger partial charge in [0.1, 0.15) is 11.2 Å². The number of hydrogen-bond donors (Lipinski definition) is 1. The van der Waals surface area contributed by atoms with Crippen LogP contribution in [0.2, 0.25) is 0 Å². The first kappa shape index (κ1) is 27.3. The quantitative estimate of drug-likeness (QED) is 0.362. The third-order valence-electron chi connectivity index (χ3n) is 5.18. The summed E-state index contributed by atoms with van der Waals surface area (Å²) in [6.07, 6.45) is -1.97. The molecule has 188 valence electrons. The first-order valence-corrected chi connectivity index (χ1v) is 11.3. The minimum Gasteiger partial charge on any atom is -0.461 e. The highest BCUT2D eigenvalue weighted by Crippen LogP contribution is 2.47. The zero-order valence-corrected chi connectivity index (χ0v) is 21.1. The summed E-state index contributed by atoms with van der Waals surface area (Å²) in [7, 11) is 0. The molecule has 0 aromatic heterocycles. The molecule has 1 saturated heterocycles. The molecule has 2 atom stereocenters. The molecule has 0 saturated carbocycles. The highest BCUT2D eigenvalue weighted by atomic mass is 16.6. The highest BCUT2D eigenvalue weighted by molar-refractivity contribution is 6.13. The van der Waals surface area contributed by atoms with Gasteiger partial charge in [0, 0.05) is 0 Å². The van der Waals surface area contributed by atoms with Gasteiger partial charge in [0.25, 0.3) is 5.54 Å². The molecule has 1 amide bonds. The zero-order valence-electron chi connectivity index (χ0n) is 21.1. The van der Waals surface area contributed by atoms with Crippen molar-refractivity contribution in [2.75, 3.05) is 0 Å². The molecule has 2 rings (SSSR count). The first-order chi connectivity index (χ1) is 15.5. The number of carbonyl (C=O) groups is 4. The average Bonchev–Trinajstić information content (AvgIpc) is 2.86. The van der Waals surface area contributed by atoms with Gasteiger partial charge in [-0.2, -0.15) is 0 Å². The van der Waals surface area contributed by atoms with E-state index < -0.39 is 65.2 Å². The molecule has 1 aliphatic heterocycles. The standard InChI is InChI=1S/C25H35NO8/c1-15(2)32-21(29)25(22(30)33-16(3)4)24(8,31)14-18(27)26(25)19(17-12-10-9-11-13-17)20(28)34-23(5,6)7/h9-13,15-16,19,31H,14H2,1-8H3/t19-,24?/m1/s1. The SMILES string of the molecule is CC(C)OC(=O)C1(C(=O)OC(C)C)N([C@@H](C(=O)OC(C)(C)C)c2ccccc2)C(=O)CC1(C)O. The van der Waals surface area contributed by atoms with Gasteiger partial charge in [0.2, 0.25) is 5.91 Å². The van der Waals surface area contributed by atoms with Gasteiger partial charge in [-0.25, -0.2) is 14.4 Å². The largest absolute Gasteiger partial charge is 0.461 e. The second kappa shape index (κ2) is 9.74. The van der Waals surface area contributed by atoms with Gasteiger partial charge in [-0.05, 0) is 61.0 Å². The molecule has 9 nitrogen and oxygen atoms in total.